The van der Waals surface area contributed by atoms with Crippen molar-refractivity contribution in [3.05, 3.63) is 36.0 Å². The fourth-order valence-corrected chi connectivity index (χ4v) is 2.77. The Balaban J connectivity index is 1.95. The molecule has 1 amide bonds. The average molecular weight is 258 g/mol. The molecular weight excluding hydrogens is 240 g/mol. The molecule has 0 radical (unpaired) electrons. The maximum absolute atomic E-state index is 12.6. The molecule has 0 saturated carbocycles. The summed E-state index contributed by atoms with van der Waals surface area (Å²) in [5, 5.41) is 10.6. The van der Waals surface area contributed by atoms with E-state index in [0.29, 0.717) is 25.9 Å². The lowest BCUT2D eigenvalue weighted by atomic mass is 10.1. The number of aliphatic hydroxyl groups excluding tert-OH is 1. The molecule has 1 fully saturated rings. The third-order valence-electron chi connectivity index (χ3n) is 3.88. The van der Waals surface area contributed by atoms with Crippen molar-refractivity contribution in [2.75, 3.05) is 13.1 Å². The number of hydrogen-bond donors (Lipinski definition) is 1. The van der Waals surface area contributed by atoms with Crippen molar-refractivity contribution in [2.45, 2.75) is 18.9 Å². The smallest absolute Gasteiger partial charge is 0.255 e. The van der Waals surface area contributed by atoms with Gasteiger partial charge in [0, 0.05) is 31.7 Å². The van der Waals surface area contributed by atoms with E-state index < -0.39 is 0 Å². The summed E-state index contributed by atoms with van der Waals surface area (Å²) in [7, 11) is 1.96. The first kappa shape index (κ1) is 12.2. The number of aryl methyl sites for hydroxylation is 1. The molecule has 0 spiro atoms. The minimum absolute atomic E-state index is 0.0688. The van der Waals surface area contributed by atoms with Gasteiger partial charge in [-0.1, -0.05) is 12.1 Å². The van der Waals surface area contributed by atoms with Crippen LogP contribution in [-0.4, -0.2) is 39.7 Å². The van der Waals surface area contributed by atoms with Crippen molar-refractivity contribution in [3.63, 3.8) is 0 Å². The van der Waals surface area contributed by atoms with Crippen LogP contribution in [0.4, 0.5) is 0 Å². The van der Waals surface area contributed by atoms with E-state index in [9.17, 15) is 9.90 Å². The minimum atomic E-state index is -0.255. The number of amides is 1. The lowest BCUT2D eigenvalue weighted by Crippen LogP contribution is -2.40. The Hall–Kier alpha value is -1.81. The molecule has 1 aliphatic heterocycles. The lowest BCUT2D eigenvalue weighted by molar-refractivity contribution is 0.0548. The predicted molar refractivity (Wildman–Crippen MR) is 74.1 cm³/mol. The number of para-hydroxylation sites is 1. The van der Waals surface area contributed by atoms with Gasteiger partial charge in [-0.3, -0.25) is 4.79 Å². The number of benzene rings is 1. The second-order valence-electron chi connectivity index (χ2n) is 5.19. The second-order valence-corrected chi connectivity index (χ2v) is 5.19. The van der Waals surface area contributed by atoms with E-state index in [4.69, 9.17) is 0 Å². The first-order chi connectivity index (χ1) is 9.16. The van der Waals surface area contributed by atoms with Gasteiger partial charge in [-0.25, -0.2) is 0 Å². The molecule has 1 aromatic carbocycles. The van der Waals surface area contributed by atoms with Crippen LogP contribution in [0.3, 0.4) is 0 Å². The number of likely N-dealkylation sites (tertiary alicyclic amines) is 1. The van der Waals surface area contributed by atoms with Gasteiger partial charge in [0.05, 0.1) is 17.2 Å². The maximum Gasteiger partial charge on any atom is 0.255 e. The van der Waals surface area contributed by atoms with E-state index in [1.165, 1.54) is 0 Å². The summed E-state index contributed by atoms with van der Waals surface area (Å²) in [5.41, 5.74) is 1.74. The summed E-state index contributed by atoms with van der Waals surface area (Å²) < 4.78 is 1.99. The third kappa shape index (κ3) is 2.12. The van der Waals surface area contributed by atoms with Gasteiger partial charge in [0.1, 0.15) is 0 Å². The van der Waals surface area contributed by atoms with Crippen LogP contribution < -0.4 is 0 Å². The SMILES string of the molecule is Cn1ccc2cccc(C(=O)N3CCC(O)CC3)c21. The lowest BCUT2D eigenvalue weighted by Gasteiger charge is -2.29. The number of hydrogen-bond acceptors (Lipinski definition) is 2. The summed E-state index contributed by atoms with van der Waals surface area (Å²) in [6.07, 6.45) is 3.07. The molecule has 100 valence electrons. The number of aliphatic hydroxyl groups is 1. The van der Waals surface area contributed by atoms with Gasteiger partial charge in [-0.2, -0.15) is 0 Å². The van der Waals surface area contributed by atoms with Gasteiger partial charge in [0.25, 0.3) is 5.91 Å². The quantitative estimate of drug-likeness (QED) is 0.847. The van der Waals surface area contributed by atoms with Gasteiger partial charge in [-0.05, 0) is 25.0 Å². The van der Waals surface area contributed by atoms with Gasteiger partial charge in [0.2, 0.25) is 0 Å². The molecule has 4 nitrogen and oxygen atoms in total. The van der Waals surface area contributed by atoms with Crippen molar-refractivity contribution in [3.8, 4) is 0 Å². The zero-order chi connectivity index (χ0) is 13.4. The van der Waals surface area contributed by atoms with E-state index in [1.54, 1.807) is 0 Å². The molecule has 2 heterocycles. The molecule has 1 saturated heterocycles. The van der Waals surface area contributed by atoms with Gasteiger partial charge in [0.15, 0.2) is 0 Å². The van der Waals surface area contributed by atoms with E-state index in [1.807, 2.05) is 47.0 Å². The van der Waals surface area contributed by atoms with Crippen LogP contribution in [0, 0.1) is 0 Å². The van der Waals surface area contributed by atoms with Crippen LogP contribution >= 0.6 is 0 Å². The highest BCUT2D eigenvalue weighted by Gasteiger charge is 2.23. The summed E-state index contributed by atoms with van der Waals surface area (Å²) in [6.45, 7) is 1.28. The van der Waals surface area contributed by atoms with Gasteiger partial charge >= 0.3 is 0 Å². The molecule has 1 aliphatic rings. The molecule has 0 aliphatic carbocycles. The summed E-state index contributed by atoms with van der Waals surface area (Å²) in [6, 6.07) is 7.85. The first-order valence-corrected chi connectivity index (χ1v) is 6.68. The van der Waals surface area contributed by atoms with E-state index in [2.05, 4.69) is 0 Å². The largest absolute Gasteiger partial charge is 0.393 e. The fraction of sp³-hybridized carbons (Fsp3) is 0.400. The third-order valence-corrected chi connectivity index (χ3v) is 3.88. The highest BCUT2D eigenvalue weighted by atomic mass is 16.3. The summed E-state index contributed by atoms with van der Waals surface area (Å²) in [5.74, 6) is 0.0688. The Labute approximate surface area is 112 Å². The Morgan fingerprint density at radius 2 is 2.00 bits per heavy atom. The second kappa shape index (κ2) is 4.70. The predicted octanol–water partition coefficient (Wildman–Crippen LogP) is 1.78. The number of carbonyl (C=O) groups is 1. The first-order valence-electron chi connectivity index (χ1n) is 6.68. The monoisotopic (exact) mass is 258 g/mol. The van der Waals surface area contributed by atoms with Crippen LogP contribution in [0.5, 0.6) is 0 Å². The standard InChI is InChI=1S/C15H18N2O2/c1-16-8-5-11-3-2-4-13(14(11)16)15(19)17-9-6-12(18)7-10-17/h2-5,8,12,18H,6-7,9-10H2,1H3. The molecule has 3 rings (SSSR count). The average Bonchev–Trinajstić information content (AvgIpc) is 2.81. The van der Waals surface area contributed by atoms with Gasteiger partial charge in [-0.15, -0.1) is 0 Å². The van der Waals surface area contributed by atoms with Gasteiger partial charge < -0.3 is 14.6 Å². The van der Waals surface area contributed by atoms with Crippen LogP contribution in [0.2, 0.25) is 0 Å². The molecular formula is C15H18N2O2. The molecule has 0 atom stereocenters. The van der Waals surface area contributed by atoms with E-state index in [-0.39, 0.29) is 12.0 Å². The molecule has 0 unspecified atom stereocenters. The Bertz CT molecular complexity index is 610. The normalized spacial score (nSPS) is 17.1. The van der Waals surface area contributed by atoms with Crippen LogP contribution in [0.15, 0.2) is 30.5 Å². The van der Waals surface area contributed by atoms with Crippen LogP contribution in [0.1, 0.15) is 23.2 Å². The topological polar surface area (TPSA) is 45.5 Å². The van der Waals surface area contributed by atoms with Crippen molar-refractivity contribution in [1.29, 1.82) is 0 Å². The Morgan fingerprint density at radius 1 is 1.26 bits per heavy atom. The number of piperidine rings is 1. The van der Waals surface area contributed by atoms with E-state index >= 15 is 0 Å². The number of carbonyl (C=O) groups excluding carboxylic acids is 1. The fourth-order valence-electron chi connectivity index (χ4n) is 2.77. The highest BCUT2D eigenvalue weighted by Crippen LogP contribution is 2.22. The summed E-state index contributed by atoms with van der Waals surface area (Å²) >= 11 is 0. The molecule has 19 heavy (non-hydrogen) atoms. The Kier molecular flexibility index (Phi) is 3.03. The number of fused-ring (bicyclic) bond motifs is 1. The van der Waals surface area contributed by atoms with Crippen LogP contribution in [0.25, 0.3) is 10.9 Å². The Morgan fingerprint density at radius 3 is 2.74 bits per heavy atom. The number of nitrogens with zero attached hydrogens (tertiary/aromatic N) is 2. The maximum atomic E-state index is 12.6. The number of aromatic nitrogens is 1. The molecule has 4 heteroatoms. The highest BCUT2D eigenvalue weighted by molar-refractivity contribution is 6.06. The van der Waals surface area contributed by atoms with Crippen molar-refractivity contribution in [1.82, 2.24) is 9.47 Å². The van der Waals surface area contributed by atoms with Crippen molar-refractivity contribution in [2.24, 2.45) is 7.05 Å². The zero-order valence-corrected chi connectivity index (χ0v) is 11.0. The van der Waals surface area contributed by atoms with Crippen molar-refractivity contribution >= 4 is 16.8 Å². The molecule has 2 aromatic rings. The van der Waals surface area contributed by atoms with Crippen LogP contribution in [-0.2, 0) is 7.05 Å². The van der Waals surface area contributed by atoms with Crippen molar-refractivity contribution < 1.29 is 9.90 Å². The zero-order valence-electron chi connectivity index (χ0n) is 11.0. The molecule has 1 N–H and O–H groups in total. The minimum Gasteiger partial charge on any atom is -0.393 e. The molecule has 0 bridgehead atoms. The summed E-state index contributed by atoms with van der Waals surface area (Å²) in [4.78, 5) is 14.4. The number of rotatable bonds is 1. The molecule has 1 aromatic heterocycles. The van der Waals surface area contributed by atoms with E-state index in [0.717, 1.165) is 16.5 Å².